The third-order valence-electron chi connectivity index (χ3n) is 3.35. The lowest BCUT2D eigenvalue weighted by Gasteiger charge is -2.09. The van der Waals surface area contributed by atoms with Crippen molar-refractivity contribution in [2.75, 3.05) is 11.2 Å². The largest absolute Gasteiger partial charge is 0.398 e. The van der Waals surface area contributed by atoms with Gasteiger partial charge in [-0.3, -0.25) is 4.79 Å². The van der Waals surface area contributed by atoms with Crippen molar-refractivity contribution in [3.05, 3.63) is 58.9 Å². The summed E-state index contributed by atoms with van der Waals surface area (Å²) < 4.78 is 1.73. The summed E-state index contributed by atoms with van der Waals surface area (Å²) >= 11 is 5.86. The molecule has 0 atom stereocenters. The maximum Gasteiger partial charge on any atom is 0.250 e. The van der Waals surface area contributed by atoms with Gasteiger partial charge in [0, 0.05) is 10.7 Å². The highest BCUT2D eigenvalue weighted by Crippen LogP contribution is 2.20. The number of fused-ring (bicyclic) bond motifs is 1. The second-order valence-electron chi connectivity index (χ2n) is 4.87. The molecule has 0 aliphatic carbocycles. The molecule has 112 valence electrons. The number of nitrogens with one attached hydrogen (secondary N) is 1. The lowest BCUT2D eigenvalue weighted by molar-refractivity contribution is 0.100. The molecule has 2 aromatic carbocycles. The van der Waals surface area contributed by atoms with E-state index in [1.165, 1.54) is 0 Å². The summed E-state index contributed by atoms with van der Waals surface area (Å²) in [6.45, 7) is 0.582. The minimum atomic E-state index is -0.565. The van der Waals surface area contributed by atoms with Crippen LogP contribution in [0.1, 0.15) is 15.9 Å². The molecule has 3 aromatic rings. The summed E-state index contributed by atoms with van der Waals surface area (Å²) in [5.41, 5.74) is 17.4. The Morgan fingerprint density at radius 2 is 2.00 bits per heavy atom. The van der Waals surface area contributed by atoms with Crippen molar-refractivity contribution in [2.45, 2.75) is 6.54 Å². The van der Waals surface area contributed by atoms with E-state index in [1.54, 1.807) is 23.1 Å². The number of imidazole rings is 1. The van der Waals surface area contributed by atoms with Gasteiger partial charge in [-0.2, -0.15) is 0 Å². The van der Waals surface area contributed by atoms with Gasteiger partial charge in [-0.25, -0.2) is 9.66 Å². The van der Waals surface area contributed by atoms with Crippen LogP contribution in [0.25, 0.3) is 11.0 Å². The monoisotopic (exact) mass is 315 g/mol. The minimum Gasteiger partial charge on any atom is -0.398 e. The molecule has 0 fully saturated rings. The summed E-state index contributed by atoms with van der Waals surface area (Å²) in [5, 5.41) is 0.693. The van der Waals surface area contributed by atoms with Crippen molar-refractivity contribution < 1.29 is 4.79 Å². The first-order valence-electron chi connectivity index (χ1n) is 6.59. The van der Waals surface area contributed by atoms with E-state index in [2.05, 4.69) is 10.4 Å². The van der Waals surface area contributed by atoms with Crippen LogP contribution in [0.5, 0.6) is 0 Å². The van der Waals surface area contributed by atoms with E-state index in [0.29, 0.717) is 22.8 Å². The van der Waals surface area contributed by atoms with Gasteiger partial charge in [-0.05, 0) is 29.8 Å². The molecule has 0 saturated carbocycles. The van der Waals surface area contributed by atoms with Crippen molar-refractivity contribution in [1.29, 1.82) is 0 Å². The SMILES string of the molecule is NC(=O)c1cc2c(cc1N)ncn2NCc1ccc(Cl)cc1. The number of rotatable bonds is 4. The van der Waals surface area contributed by atoms with Crippen LogP contribution in [-0.4, -0.2) is 15.6 Å². The third-order valence-corrected chi connectivity index (χ3v) is 3.60. The highest BCUT2D eigenvalue weighted by atomic mass is 35.5. The summed E-state index contributed by atoms with van der Waals surface area (Å²) in [5.74, 6) is -0.565. The molecule has 0 spiro atoms. The molecule has 22 heavy (non-hydrogen) atoms. The zero-order chi connectivity index (χ0) is 15.7. The number of nitrogens with two attached hydrogens (primary N) is 2. The number of benzene rings is 2. The Morgan fingerprint density at radius 3 is 2.68 bits per heavy atom. The number of hydrogen-bond acceptors (Lipinski definition) is 4. The molecule has 0 radical (unpaired) electrons. The van der Waals surface area contributed by atoms with Gasteiger partial charge < -0.3 is 16.9 Å². The first-order chi connectivity index (χ1) is 10.5. The smallest absolute Gasteiger partial charge is 0.250 e. The van der Waals surface area contributed by atoms with Gasteiger partial charge >= 0.3 is 0 Å². The fourth-order valence-corrected chi connectivity index (χ4v) is 2.32. The van der Waals surface area contributed by atoms with Crippen LogP contribution in [0, 0.1) is 0 Å². The highest BCUT2D eigenvalue weighted by Gasteiger charge is 2.11. The number of anilines is 1. The average Bonchev–Trinajstić information content (AvgIpc) is 2.87. The topological polar surface area (TPSA) is 99.0 Å². The van der Waals surface area contributed by atoms with Gasteiger partial charge in [0.2, 0.25) is 0 Å². The number of aromatic nitrogens is 2. The van der Waals surface area contributed by atoms with Crippen LogP contribution in [-0.2, 0) is 6.54 Å². The van der Waals surface area contributed by atoms with E-state index in [9.17, 15) is 4.79 Å². The molecule has 0 aliphatic rings. The number of nitrogens with zero attached hydrogens (tertiary/aromatic N) is 2. The number of hydrogen-bond donors (Lipinski definition) is 3. The number of carbonyl (C=O) groups is 1. The predicted molar refractivity (Wildman–Crippen MR) is 87.2 cm³/mol. The van der Waals surface area contributed by atoms with Crippen LogP contribution < -0.4 is 16.9 Å². The van der Waals surface area contributed by atoms with Gasteiger partial charge in [-0.1, -0.05) is 23.7 Å². The molecule has 1 aromatic heterocycles. The van der Waals surface area contributed by atoms with E-state index in [-0.39, 0.29) is 5.56 Å². The van der Waals surface area contributed by atoms with E-state index in [4.69, 9.17) is 23.1 Å². The van der Waals surface area contributed by atoms with Crippen molar-refractivity contribution in [3.8, 4) is 0 Å². The quantitative estimate of drug-likeness (QED) is 0.642. The van der Waals surface area contributed by atoms with E-state index in [0.717, 1.165) is 11.1 Å². The molecule has 0 unspecified atom stereocenters. The average molecular weight is 316 g/mol. The molecule has 0 saturated heterocycles. The molecular weight excluding hydrogens is 302 g/mol. The second-order valence-corrected chi connectivity index (χ2v) is 5.30. The van der Waals surface area contributed by atoms with E-state index in [1.807, 2.05) is 24.3 Å². The van der Waals surface area contributed by atoms with Gasteiger partial charge in [0.1, 0.15) is 6.33 Å². The maximum atomic E-state index is 11.4. The first-order valence-corrected chi connectivity index (χ1v) is 6.97. The normalized spacial score (nSPS) is 10.8. The molecule has 0 bridgehead atoms. The number of amides is 1. The fourth-order valence-electron chi connectivity index (χ4n) is 2.19. The fraction of sp³-hybridized carbons (Fsp3) is 0.0667. The van der Waals surface area contributed by atoms with Gasteiger partial charge in [-0.15, -0.1) is 0 Å². The third kappa shape index (κ3) is 2.68. The summed E-state index contributed by atoms with van der Waals surface area (Å²) in [7, 11) is 0. The summed E-state index contributed by atoms with van der Waals surface area (Å²) in [4.78, 5) is 15.6. The van der Waals surface area contributed by atoms with Crippen molar-refractivity contribution in [1.82, 2.24) is 9.66 Å². The Hall–Kier alpha value is -2.73. The van der Waals surface area contributed by atoms with Crippen LogP contribution in [0.15, 0.2) is 42.7 Å². The molecule has 3 rings (SSSR count). The minimum absolute atomic E-state index is 0.280. The van der Waals surface area contributed by atoms with Gasteiger partial charge in [0.25, 0.3) is 5.91 Å². The molecule has 1 heterocycles. The molecule has 7 heteroatoms. The standard InChI is InChI=1S/C15H14ClN5O/c16-10-3-1-9(2-4-10)7-20-21-8-19-13-6-12(17)11(15(18)22)5-14(13)21/h1-6,8,20H,7,17H2,(H2,18,22). The lowest BCUT2D eigenvalue weighted by Crippen LogP contribution is -2.15. The molecular formula is C15H14ClN5O. The number of nitrogen functional groups attached to an aromatic ring is 1. The number of carbonyl (C=O) groups excluding carboxylic acids is 1. The Labute approximate surface area is 131 Å². The van der Waals surface area contributed by atoms with Crippen molar-refractivity contribution in [3.63, 3.8) is 0 Å². The van der Waals surface area contributed by atoms with E-state index >= 15 is 0 Å². The van der Waals surface area contributed by atoms with Crippen molar-refractivity contribution in [2.24, 2.45) is 5.73 Å². The van der Waals surface area contributed by atoms with Crippen LogP contribution in [0.2, 0.25) is 5.02 Å². The number of halogens is 1. The Balaban J connectivity index is 1.89. The maximum absolute atomic E-state index is 11.4. The van der Waals surface area contributed by atoms with Gasteiger partial charge in [0.15, 0.2) is 0 Å². The van der Waals surface area contributed by atoms with Crippen molar-refractivity contribution >= 4 is 34.2 Å². The number of primary amides is 1. The Morgan fingerprint density at radius 1 is 1.27 bits per heavy atom. The molecule has 1 amide bonds. The van der Waals surface area contributed by atoms with Gasteiger partial charge in [0.05, 0.1) is 23.1 Å². The zero-order valence-electron chi connectivity index (χ0n) is 11.6. The second kappa shape index (κ2) is 5.57. The zero-order valence-corrected chi connectivity index (χ0v) is 12.3. The Kier molecular flexibility index (Phi) is 3.60. The van der Waals surface area contributed by atoms with E-state index < -0.39 is 5.91 Å². The van der Waals surface area contributed by atoms with Crippen LogP contribution in [0.3, 0.4) is 0 Å². The highest BCUT2D eigenvalue weighted by molar-refractivity contribution is 6.30. The predicted octanol–water partition coefficient (Wildman–Crippen LogP) is 2.11. The Bertz CT molecular complexity index is 841. The first kappa shape index (κ1) is 14.2. The molecule has 6 nitrogen and oxygen atoms in total. The summed E-state index contributed by atoms with van der Waals surface area (Å²) in [6.07, 6.45) is 1.63. The summed E-state index contributed by atoms with van der Waals surface area (Å²) in [6, 6.07) is 10.8. The van der Waals surface area contributed by atoms with Crippen LogP contribution >= 0.6 is 11.6 Å². The molecule has 5 N–H and O–H groups in total. The lowest BCUT2D eigenvalue weighted by atomic mass is 10.1. The molecule has 0 aliphatic heterocycles. The van der Waals surface area contributed by atoms with Crippen LogP contribution in [0.4, 0.5) is 5.69 Å².